The Morgan fingerprint density at radius 3 is 1.73 bits per heavy atom. The topological polar surface area (TPSA) is 15.6 Å². The molecule has 0 aromatic heterocycles. The second-order valence-corrected chi connectivity index (χ2v) is 1.85. The SMILES string of the molecule is CC.CC.CC1=NCCN1C. The van der Waals surface area contributed by atoms with Gasteiger partial charge in [0.15, 0.2) is 0 Å². The molecule has 68 valence electrons. The molecule has 0 atom stereocenters. The van der Waals surface area contributed by atoms with Crippen LogP contribution in [0.2, 0.25) is 0 Å². The van der Waals surface area contributed by atoms with Crippen molar-refractivity contribution in [2.24, 2.45) is 4.99 Å². The van der Waals surface area contributed by atoms with Crippen LogP contribution in [0.1, 0.15) is 34.6 Å². The number of hydrogen-bond donors (Lipinski definition) is 0. The van der Waals surface area contributed by atoms with Crippen LogP contribution in [0.15, 0.2) is 4.99 Å². The minimum absolute atomic E-state index is 0.988. The van der Waals surface area contributed by atoms with Crippen molar-refractivity contribution in [1.29, 1.82) is 0 Å². The Bertz CT molecular complexity index is 97.7. The zero-order valence-corrected chi connectivity index (χ0v) is 8.81. The number of likely N-dealkylation sites (N-methyl/N-ethyl adjacent to an activating group) is 1. The fraction of sp³-hybridized carbons (Fsp3) is 0.889. The van der Waals surface area contributed by atoms with Gasteiger partial charge in [0.1, 0.15) is 0 Å². The third kappa shape index (κ3) is 5.89. The molecule has 0 fully saturated rings. The lowest BCUT2D eigenvalue weighted by atomic mass is 10.6. The maximum absolute atomic E-state index is 4.16. The van der Waals surface area contributed by atoms with Gasteiger partial charge in [0.2, 0.25) is 0 Å². The van der Waals surface area contributed by atoms with Gasteiger partial charge in [0, 0.05) is 13.6 Å². The molecule has 0 bridgehead atoms. The highest BCUT2D eigenvalue weighted by molar-refractivity contribution is 5.80. The van der Waals surface area contributed by atoms with E-state index in [9.17, 15) is 0 Å². The van der Waals surface area contributed by atoms with Gasteiger partial charge in [-0.15, -0.1) is 0 Å². The molecule has 0 unspecified atom stereocenters. The van der Waals surface area contributed by atoms with Crippen molar-refractivity contribution in [3.63, 3.8) is 0 Å². The van der Waals surface area contributed by atoms with Crippen LogP contribution in [0.4, 0.5) is 0 Å². The molecule has 0 saturated heterocycles. The molecule has 11 heavy (non-hydrogen) atoms. The van der Waals surface area contributed by atoms with Gasteiger partial charge in [-0.25, -0.2) is 0 Å². The summed E-state index contributed by atoms with van der Waals surface area (Å²) in [5.74, 6) is 1.17. The summed E-state index contributed by atoms with van der Waals surface area (Å²) in [6, 6.07) is 0. The van der Waals surface area contributed by atoms with Crippen molar-refractivity contribution in [1.82, 2.24) is 4.90 Å². The standard InChI is InChI=1S/C5H10N2.2C2H6/c1-5-6-3-4-7(5)2;2*1-2/h3-4H2,1-2H3;2*1-2H3. The summed E-state index contributed by atoms with van der Waals surface area (Å²) in [6.45, 7) is 12.1. The fourth-order valence-electron chi connectivity index (χ4n) is 0.644. The van der Waals surface area contributed by atoms with Crippen LogP contribution in [0.25, 0.3) is 0 Å². The van der Waals surface area contributed by atoms with E-state index in [1.54, 1.807) is 0 Å². The van der Waals surface area contributed by atoms with Gasteiger partial charge in [0.25, 0.3) is 0 Å². The molecule has 0 aliphatic carbocycles. The van der Waals surface area contributed by atoms with Crippen molar-refractivity contribution in [2.75, 3.05) is 20.1 Å². The Kier molecular flexibility index (Phi) is 11.3. The molecule has 1 heterocycles. The normalized spacial score (nSPS) is 14.0. The van der Waals surface area contributed by atoms with E-state index in [0.717, 1.165) is 13.1 Å². The highest BCUT2D eigenvalue weighted by Crippen LogP contribution is 1.94. The highest BCUT2D eigenvalue weighted by atomic mass is 15.2. The second kappa shape index (κ2) is 9.47. The smallest absolute Gasteiger partial charge is 0.0956 e. The Hall–Kier alpha value is -0.530. The molecular weight excluding hydrogens is 136 g/mol. The first kappa shape index (κ1) is 13.1. The molecule has 0 spiro atoms. The van der Waals surface area contributed by atoms with Crippen molar-refractivity contribution < 1.29 is 0 Å². The number of rotatable bonds is 0. The predicted octanol–water partition coefficient (Wildman–Crippen LogP) is 2.40. The average Bonchev–Trinajstić information content (AvgIpc) is 2.44. The quantitative estimate of drug-likeness (QED) is 0.528. The van der Waals surface area contributed by atoms with Crippen molar-refractivity contribution in [3.05, 3.63) is 0 Å². The lowest BCUT2D eigenvalue weighted by Crippen LogP contribution is -2.19. The van der Waals surface area contributed by atoms with Crippen molar-refractivity contribution in [3.8, 4) is 0 Å². The number of nitrogens with zero attached hydrogens (tertiary/aromatic N) is 2. The first-order chi connectivity index (χ1) is 5.30. The lowest BCUT2D eigenvalue weighted by Gasteiger charge is -2.07. The van der Waals surface area contributed by atoms with Crippen LogP contribution >= 0.6 is 0 Å². The van der Waals surface area contributed by atoms with Gasteiger partial charge in [-0.1, -0.05) is 27.7 Å². The third-order valence-corrected chi connectivity index (χ3v) is 1.33. The maximum Gasteiger partial charge on any atom is 0.0956 e. The Morgan fingerprint density at radius 1 is 1.18 bits per heavy atom. The number of aliphatic imine (C=N–C) groups is 1. The predicted molar refractivity (Wildman–Crippen MR) is 53.3 cm³/mol. The molecule has 0 amide bonds. The summed E-state index contributed by atoms with van der Waals surface area (Å²) in [5.41, 5.74) is 0. The zero-order chi connectivity index (χ0) is 9.28. The number of hydrogen-bond acceptors (Lipinski definition) is 2. The summed E-state index contributed by atoms with van der Waals surface area (Å²) >= 11 is 0. The van der Waals surface area contributed by atoms with Crippen LogP contribution in [0.5, 0.6) is 0 Å². The van der Waals surface area contributed by atoms with E-state index in [-0.39, 0.29) is 0 Å². The van der Waals surface area contributed by atoms with E-state index < -0.39 is 0 Å². The molecule has 2 heteroatoms. The van der Waals surface area contributed by atoms with Gasteiger partial charge in [0.05, 0.1) is 12.4 Å². The third-order valence-electron chi connectivity index (χ3n) is 1.33. The Labute approximate surface area is 71.3 Å². The summed E-state index contributed by atoms with van der Waals surface area (Å²) in [5, 5.41) is 0. The van der Waals surface area contributed by atoms with Crippen LogP contribution in [-0.2, 0) is 0 Å². The van der Waals surface area contributed by atoms with Gasteiger partial charge in [-0.3, -0.25) is 4.99 Å². The van der Waals surface area contributed by atoms with Crippen molar-refractivity contribution >= 4 is 5.84 Å². The van der Waals surface area contributed by atoms with Gasteiger partial charge in [-0.05, 0) is 6.92 Å². The minimum atomic E-state index is 0.988. The van der Waals surface area contributed by atoms with Crippen molar-refractivity contribution in [2.45, 2.75) is 34.6 Å². The summed E-state index contributed by atoms with van der Waals surface area (Å²) in [4.78, 5) is 6.31. The minimum Gasteiger partial charge on any atom is -0.362 e. The molecule has 0 saturated carbocycles. The Balaban J connectivity index is 0. The van der Waals surface area contributed by atoms with Crippen LogP contribution < -0.4 is 0 Å². The fourth-order valence-corrected chi connectivity index (χ4v) is 0.644. The molecular formula is C9H22N2. The van der Waals surface area contributed by atoms with Gasteiger partial charge >= 0.3 is 0 Å². The molecule has 1 aliphatic rings. The summed E-state index contributed by atoms with van der Waals surface area (Å²) < 4.78 is 0. The van der Waals surface area contributed by atoms with Crippen LogP contribution in [0, 0.1) is 0 Å². The van der Waals surface area contributed by atoms with E-state index in [1.807, 2.05) is 34.6 Å². The summed E-state index contributed by atoms with van der Waals surface area (Å²) in [7, 11) is 2.06. The Morgan fingerprint density at radius 2 is 1.64 bits per heavy atom. The van der Waals surface area contributed by atoms with Gasteiger partial charge < -0.3 is 4.90 Å². The van der Waals surface area contributed by atoms with Crippen LogP contribution in [-0.4, -0.2) is 30.9 Å². The van der Waals surface area contributed by atoms with E-state index >= 15 is 0 Å². The van der Waals surface area contributed by atoms with E-state index in [0.29, 0.717) is 0 Å². The molecule has 1 rings (SSSR count). The largest absolute Gasteiger partial charge is 0.362 e. The van der Waals surface area contributed by atoms with Gasteiger partial charge in [-0.2, -0.15) is 0 Å². The first-order valence-electron chi connectivity index (χ1n) is 4.53. The zero-order valence-electron chi connectivity index (χ0n) is 8.81. The average molecular weight is 158 g/mol. The molecule has 0 aromatic carbocycles. The molecule has 0 N–H and O–H groups in total. The molecule has 0 aromatic rings. The molecule has 1 aliphatic heterocycles. The number of amidine groups is 1. The van der Waals surface area contributed by atoms with E-state index in [2.05, 4.69) is 16.9 Å². The van der Waals surface area contributed by atoms with E-state index in [4.69, 9.17) is 0 Å². The second-order valence-electron chi connectivity index (χ2n) is 1.85. The maximum atomic E-state index is 4.16. The highest BCUT2D eigenvalue weighted by Gasteiger charge is 2.04. The first-order valence-corrected chi connectivity index (χ1v) is 4.53. The summed E-state index contributed by atoms with van der Waals surface area (Å²) in [6.07, 6.45) is 0. The van der Waals surface area contributed by atoms with Crippen LogP contribution in [0.3, 0.4) is 0 Å². The monoisotopic (exact) mass is 158 g/mol. The molecule has 0 radical (unpaired) electrons. The molecule has 2 nitrogen and oxygen atoms in total. The lowest BCUT2D eigenvalue weighted by molar-refractivity contribution is 0.553. The van der Waals surface area contributed by atoms with E-state index in [1.165, 1.54) is 5.84 Å².